The predicted molar refractivity (Wildman–Crippen MR) is 315 cm³/mol. The smallest absolute Gasteiger partial charge is 0.416 e. The second-order valence-corrected chi connectivity index (χ2v) is 23.3. The van der Waals surface area contributed by atoms with E-state index >= 15 is 0 Å². The number of piperidine rings is 1. The molecule has 8 aromatic rings. The number of nitrogens with zero attached hydrogens (tertiary/aromatic N) is 1. The van der Waals surface area contributed by atoms with Gasteiger partial charge in [0.15, 0.2) is 5.60 Å². The highest BCUT2D eigenvalue weighted by molar-refractivity contribution is 6.10. The summed E-state index contributed by atoms with van der Waals surface area (Å²) in [5, 5.41) is 4.76. The van der Waals surface area contributed by atoms with Crippen molar-refractivity contribution in [3.05, 3.63) is 214 Å². The topological polar surface area (TPSA) is 41.6 Å². The normalized spacial score (nSPS) is 19.4. The summed E-state index contributed by atoms with van der Waals surface area (Å²) in [6, 6.07) is 47.9. The minimum absolute atomic E-state index is 0.208. The van der Waals surface area contributed by atoms with Crippen LogP contribution in [0.5, 0.6) is 5.75 Å². The number of benzene rings is 8. The van der Waals surface area contributed by atoms with Gasteiger partial charge < -0.3 is 15.0 Å². The van der Waals surface area contributed by atoms with Crippen molar-refractivity contribution < 1.29 is 27.1 Å². The molecule has 0 spiro atoms. The first-order valence-corrected chi connectivity index (χ1v) is 28.7. The molecular weight excluding hydrogens is 989 g/mol. The molecule has 1 atom stereocenters. The summed E-state index contributed by atoms with van der Waals surface area (Å²) < 4.78 is 65.7. The minimum Gasteiger partial charge on any atom is -0.472 e. The Labute approximate surface area is 462 Å². The zero-order chi connectivity index (χ0) is 54.6. The maximum absolute atomic E-state index is 14.7. The fraction of sp³-hybridized carbons (Fsp3) is 0.310. The Morgan fingerprint density at radius 2 is 1.34 bits per heavy atom. The first kappa shape index (κ1) is 52.3. The maximum Gasteiger partial charge on any atom is 0.416 e. The lowest BCUT2D eigenvalue weighted by molar-refractivity contribution is -0.137. The lowest BCUT2D eigenvalue weighted by atomic mass is 9.76. The zero-order valence-corrected chi connectivity index (χ0v) is 45.7. The Morgan fingerprint density at radius 3 is 2.00 bits per heavy atom. The minimum atomic E-state index is -4.53. The average Bonchev–Trinajstić information content (AvgIpc) is 4.01. The van der Waals surface area contributed by atoms with E-state index in [9.17, 15) is 22.4 Å². The fourth-order valence-corrected chi connectivity index (χ4v) is 13.5. The Hall–Kier alpha value is -7.45. The van der Waals surface area contributed by atoms with Crippen LogP contribution in [0.3, 0.4) is 0 Å². The molecule has 402 valence electrons. The summed E-state index contributed by atoms with van der Waals surface area (Å²) >= 11 is 0. The third kappa shape index (κ3) is 9.84. The van der Waals surface area contributed by atoms with E-state index in [2.05, 4.69) is 90.8 Å². The summed E-state index contributed by atoms with van der Waals surface area (Å²) in [5.74, 6) is 1.56. The molecule has 1 N–H and O–H groups in total. The van der Waals surface area contributed by atoms with Crippen molar-refractivity contribution >= 4 is 34.1 Å². The number of hydrogen-bond donors (Lipinski definition) is 1. The molecule has 4 nitrogen and oxygen atoms in total. The zero-order valence-electron chi connectivity index (χ0n) is 45.7. The van der Waals surface area contributed by atoms with E-state index in [1.807, 2.05) is 68.5 Å². The van der Waals surface area contributed by atoms with Crippen LogP contribution in [0.2, 0.25) is 0 Å². The van der Waals surface area contributed by atoms with Crippen molar-refractivity contribution in [3.8, 4) is 39.1 Å². The molecule has 8 heteroatoms. The molecule has 1 saturated heterocycles. The van der Waals surface area contributed by atoms with Gasteiger partial charge in [0.25, 0.3) is 5.91 Å². The highest BCUT2D eigenvalue weighted by Crippen LogP contribution is 2.59. The third-order valence-corrected chi connectivity index (χ3v) is 18.0. The third-order valence-electron chi connectivity index (χ3n) is 18.0. The number of alkyl halides is 3. The number of carbonyl (C=O) groups is 1. The van der Waals surface area contributed by atoms with E-state index < -0.39 is 22.8 Å². The highest BCUT2D eigenvalue weighted by Gasteiger charge is 2.46. The van der Waals surface area contributed by atoms with E-state index in [1.165, 1.54) is 87.6 Å². The van der Waals surface area contributed by atoms with Crippen LogP contribution in [-0.2, 0) is 17.2 Å². The molecule has 12 rings (SSSR count). The molecule has 0 aromatic heterocycles. The number of rotatable bonds is 12. The number of unbranched alkanes of at least 4 members (excludes halogenated alkanes) is 2. The first-order valence-electron chi connectivity index (χ1n) is 28.7. The monoisotopic (exact) mass is 1060 g/mol. The summed E-state index contributed by atoms with van der Waals surface area (Å²) in [4.78, 5) is 16.1. The molecular formula is C71H68F4N2O2. The van der Waals surface area contributed by atoms with E-state index in [4.69, 9.17) is 4.74 Å². The summed E-state index contributed by atoms with van der Waals surface area (Å²) in [6.45, 7) is 10.3. The van der Waals surface area contributed by atoms with Crippen LogP contribution in [0, 0.1) is 18.7 Å². The Kier molecular flexibility index (Phi) is 13.9. The van der Waals surface area contributed by atoms with Gasteiger partial charge in [-0.3, -0.25) is 4.79 Å². The molecule has 2 heterocycles. The van der Waals surface area contributed by atoms with E-state index in [-0.39, 0.29) is 11.7 Å². The van der Waals surface area contributed by atoms with Crippen molar-refractivity contribution in [3.63, 3.8) is 0 Å². The highest BCUT2D eigenvalue weighted by atomic mass is 19.4. The number of hydrogen-bond acceptors (Lipinski definition) is 3. The maximum atomic E-state index is 14.7. The van der Waals surface area contributed by atoms with Gasteiger partial charge in [0.05, 0.1) is 5.56 Å². The Morgan fingerprint density at radius 1 is 0.696 bits per heavy atom. The molecule has 0 bridgehead atoms. The van der Waals surface area contributed by atoms with Crippen LogP contribution in [0.25, 0.3) is 50.2 Å². The predicted octanol–water partition coefficient (Wildman–Crippen LogP) is 19.4. The Bertz CT molecular complexity index is 3590. The Balaban J connectivity index is 0.853. The number of ether oxygens (including phenoxy) is 1. The molecule has 2 fully saturated rings. The van der Waals surface area contributed by atoms with Crippen molar-refractivity contribution in [1.29, 1.82) is 0 Å². The second kappa shape index (κ2) is 21.0. The van der Waals surface area contributed by atoms with Gasteiger partial charge in [-0.05, 0) is 204 Å². The number of amides is 1. The van der Waals surface area contributed by atoms with Crippen LogP contribution >= 0.6 is 0 Å². The van der Waals surface area contributed by atoms with Crippen LogP contribution in [0.4, 0.5) is 28.9 Å². The standard InChI is InChI=1S/C71H68F4N2O2/c1-5-6-8-11-46-12-14-47(15-13-46)48-16-18-49(19-17-48)50-20-22-52(23-21-50)68(78)76-57-33-24-51(25-34-57)61-44-62-63(42-45(61)2)67-60(66-65(62)59-37-30-55(71(73,74)75)43-64(59)69(66,3)4)38-39-70(79-67,53-26-31-56(72)32-27-53)54-28-35-58(36-29-54)77-40-9-7-10-41-77/h16-39,42-44,46-47H,5-15,40-41H2,1-4H3,(H,76,78). The lowest BCUT2D eigenvalue weighted by Crippen LogP contribution is -2.35. The number of carbonyl (C=O) groups excluding carboxylic acids is 1. The van der Waals surface area contributed by atoms with Crippen molar-refractivity contribution in [1.82, 2.24) is 0 Å². The van der Waals surface area contributed by atoms with Crippen LogP contribution < -0.4 is 15.0 Å². The number of nitrogens with one attached hydrogen (secondary N) is 1. The van der Waals surface area contributed by atoms with E-state index in [1.54, 1.807) is 18.2 Å². The number of anilines is 2. The van der Waals surface area contributed by atoms with Gasteiger partial charge in [0.2, 0.25) is 0 Å². The van der Waals surface area contributed by atoms with Gasteiger partial charge in [-0.1, -0.05) is 131 Å². The van der Waals surface area contributed by atoms with Gasteiger partial charge in [-0.2, -0.15) is 13.2 Å². The quantitative estimate of drug-likeness (QED) is 0.0979. The molecule has 79 heavy (non-hydrogen) atoms. The van der Waals surface area contributed by atoms with E-state index in [0.717, 1.165) is 110 Å². The number of fused-ring (bicyclic) bond motifs is 8. The summed E-state index contributed by atoms with van der Waals surface area (Å²) in [6.07, 6.45) is 13.7. The van der Waals surface area contributed by atoms with Crippen LogP contribution in [0.1, 0.15) is 152 Å². The summed E-state index contributed by atoms with van der Waals surface area (Å²) in [7, 11) is 0. The molecule has 1 amide bonds. The van der Waals surface area contributed by atoms with Crippen molar-refractivity contribution in [2.45, 2.75) is 121 Å². The van der Waals surface area contributed by atoms with E-state index in [0.29, 0.717) is 28.5 Å². The fourth-order valence-electron chi connectivity index (χ4n) is 13.5. The molecule has 2 aliphatic carbocycles. The first-order chi connectivity index (χ1) is 38.2. The molecule has 8 aromatic carbocycles. The van der Waals surface area contributed by atoms with Gasteiger partial charge >= 0.3 is 6.18 Å². The lowest BCUT2D eigenvalue weighted by Gasteiger charge is -2.39. The van der Waals surface area contributed by atoms with Crippen LogP contribution in [-0.4, -0.2) is 19.0 Å². The van der Waals surface area contributed by atoms with Gasteiger partial charge in [0.1, 0.15) is 11.6 Å². The van der Waals surface area contributed by atoms with Gasteiger partial charge in [-0.25, -0.2) is 4.39 Å². The molecule has 0 radical (unpaired) electrons. The molecule has 4 aliphatic rings. The van der Waals surface area contributed by atoms with Gasteiger partial charge in [0, 0.05) is 57.5 Å². The van der Waals surface area contributed by atoms with Crippen molar-refractivity contribution in [2.75, 3.05) is 23.3 Å². The summed E-state index contributed by atoms with van der Waals surface area (Å²) in [5.41, 5.74) is 11.6. The molecule has 1 saturated carbocycles. The molecule has 1 unspecified atom stereocenters. The van der Waals surface area contributed by atoms with Gasteiger partial charge in [-0.15, -0.1) is 0 Å². The number of halogens is 4. The number of aryl methyl sites for hydroxylation is 1. The van der Waals surface area contributed by atoms with Crippen LogP contribution in [0.15, 0.2) is 158 Å². The second-order valence-electron chi connectivity index (χ2n) is 23.3. The average molecular weight is 1060 g/mol. The molecule has 2 aliphatic heterocycles. The largest absolute Gasteiger partial charge is 0.472 e. The van der Waals surface area contributed by atoms with Crippen molar-refractivity contribution in [2.24, 2.45) is 5.92 Å². The SMILES string of the molecule is CCCCCC1CCC(c2ccc(-c3ccc(C(=O)Nc4ccc(-c5cc6c7c(c8c(c6cc5C)OC(c5ccc(F)cc5)(c5ccc(N6CCCCC6)cc5)C=C8)C(C)(C)c5cc(C(F)(F)F)ccc5-7)cc4)cc3)cc2)CC1.